The average Bonchev–Trinajstić information content (AvgIpc) is 3.50. The highest BCUT2D eigenvalue weighted by molar-refractivity contribution is 5.24. The Balaban J connectivity index is 0.00000116. The summed E-state index contributed by atoms with van der Waals surface area (Å²) < 4.78 is 9.59. The number of nitrogens with zero attached hydrogens (tertiary/aromatic N) is 4. The summed E-state index contributed by atoms with van der Waals surface area (Å²) in [5.41, 5.74) is 5.70. The molecule has 0 saturated carbocycles. The van der Waals surface area contributed by atoms with Gasteiger partial charge in [-0.2, -0.15) is 9.13 Å². The van der Waals surface area contributed by atoms with E-state index in [4.69, 9.17) is 0 Å². The summed E-state index contributed by atoms with van der Waals surface area (Å²) in [5, 5.41) is 0. The van der Waals surface area contributed by atoms with Crippen LogP contribution < -0.4 is 43.1 Å². The van der Waals surface area contributed by atoms with E-state index >= 15 is 0 Å². The molecule has 160 valence electrons. The van der Waals surface area contributed by atoms with Gasteiger partial charge in [-0.05, 0) is 11.1 Å². The Labute approximate surface area is 204 Å². The molecule has 2 aliphatic heterocycles. The molecule has 0 saturated heterocycles. The summed E-state index contributed by atoms with van der Waals surface area (Å²) >= 11 is 0. The van der Waals surface area contributed by atoms with E-state index in [0.29, 0.717) is 12.1 Å². The van der Waals surface area contributed by atoms with Crippen molar-refractivity contribution in [3.63, 3.8) is 0 Å². The number of fused-ring (bicyclic) bond motifs is 2. The lowest BCUT2D eigenvalue weighted by Gasteiger charge is -2.08. The first-order valence-electron chi connectivity index (χ1n) is 10.6. The van der Waals surface area contributed by atoms with Crippen molar-refractivity contribution in [2.24, 2.45) is 0 Å². The van der Waals surface area contributed by atoms with Crippen LogP contribution in [0.25, 0.3) is 0 Å². The zero-order chi connectivity index (χ0) is 19.2. The van der Waals surface area contributed by atoms with Crippen LogP contribution in [0.4, 0.5) is 0 Å². The Kier molecular flexibility index (Phi) is 6.49. The van der Waals surface area contributed by atoms with Gasteiger partial charge in [0.15, 0.2) is 0 Å². The Morgan fingerprint density at radius 1 is 0.645 bits per heavy atom. The summed E-state index contributed by atoms with van der Waals surface area (Å²) in [7, 11) is 0. The molecular formula is C25H26Br2N4. The highest BCUT2D eigenvalue weighted by Gasteiger charge is 2.33. The van der Waals surface area contributed by atoms with Crippen molar-refractivity contribution in [2.45, 2.75) is 44.4 Å². The number of aromatic nitrogens is 4. The minimum atomic E-state index is 0. The maximum atomic E-state index is 2.46. The highest BCUT2D eigenvalue weighted by Crippen LogP contribution is 2.31. The second kappa shape index (κ2) is 9.13. The third-order valence-electron chi connectivity index (χ3n) is 6.55. The predicted molar refractivity (Wildman–Crippen MR) is 110 cm³/mol. The van der Waals surface area contributed by atoms with Gasteiger partial charge in [-0.3, -0.25) is 0 Å². The van der Waals surface area contributed by atoms with Gasteiger partial charge in [0, 0.05) is 25.7 Å². The van der Waals surface area contributed by atoms with Crippen LogP contribution in [0.5, 0.6) is 0 Å². The van der Waals surface area contributed by atoms with Gasteiger partial charge >= 0.3 is 0 Å². The van der Waals surface area contributed by atoms with Crippen LogP contribution in [-0.2, 0) is 19.5 Å². The Morgan fingerprint density at radius 3 is 1.48 bits per heavy atom. The third-order valence-corrected chi connectivity index (χ3v) is 6.55. The second-order valence-electron chi connectivity index (χ2n) is 8.39. The van der Waals surface area contributed by atoms with Gasteiger partial charge in [-0.1, -0.05) is 60.7 Å². The van der Waals surface area contributed by atoms with Gasteiger partial charge in [0.2, 0.25) is 19.3 Å². The van der Waals surface area contributed by atoms with Crippen molar-refractivity contribution in [3.8, 4) is 0 Å². The zero-order valence-corrected chi connectivity index (χ0v) is 20.5. The number of benzene rings is 2. The van der Waals surface area contributed by atoms with Crippen LogP contribution in [0.3, 0.4) is 0 Å². The molecule has 4 nitrogen and oxygen atoms in total. The molecule has 0 radical (unpaired) electrons. The SMILES string of the molecule is [Br-].[Br-].c1ccc([C@H]2CCc3c[n+](C[n+]4cc5n(c4)[C@@H](c4ccccc4)CC5)cn32)cc1. The van der Waals surface area contributed by atoms with E-state index < -0.39 is 0 Å². The van der Waals surface area contributed by atoms with Crippen molar-refractivity contribution in [1.29, 1.82) is 0 Å². The van der Waals surface area contributed by atoms with Crippen LogP contribution >= 0.6 is 0 Å². The highest BCUT2D eigenvalue weighted by atomic mass is 79.9. The molecule has 6 heteroatoms. The normalized spacial score (nSPS) is 18.7. The fourth-order valence-electron chi connectivity index (χ4n) is 5.19. The molecule has 6 rings (SSSR count). The maximum absolute atomic E-state index is 2.46. The number of aryl methyl sites for hydroxylation is 2. The molecule has 0 bridgehead atoms. The first-order chi connectivity index (χ1) is 14.3. The molecule has 0 spiro atoms. The largest absolute Gasteiger partial charge is 1.00 e. The van der Waals surface area contributed by atoms with E-state index in [0.717, 1.165) is 19.5 Å². The van der Waals surface area contributed by atoms with Crippen molar-refractivity contribution in [1.82, 2.24) is 9.13 Å². The minimum absolute atomic E-state index is 0. The quantitative estimate of drug-likeness (QED) is 0.253. The molecule has 2 aromatic carbocycles. The molecule has 2 aromatic heterocycles. The van der Waals surface area contributed by atoms with Crippen LogP contribution in [0.15, 0.2) is 85.7 Å². The van der Waals surface area contributed by atoms with Gasteiger partial charge in [0.05, 0.1) is 0 Å². The molecule has 2 atom stereocenters. The monoisotopic (exact) mass is 540 g/mol. The number of hydrogen-bond acceptors (Lipinski definition) is 0. The first-order valence-corrected chi connectivity index (χ1v) is 10.6. The van der Waals surface area contributed by atoms with E-state index in [-0.39, 0.29) is 34.0 Å². The van der Waals surface area contributed by atoms with E-state index in [9.17, 15) is 0 Å². The summed E-state index contributed by atoms with van der Waals surface area (Å²) in [4.78, 5) is 0. The van der Waals surface area contributed by atoms with Gasteiger partial charge in [0.25, 0.3) is 0 Å². The fourth-order valence-corrected chi connectivity index (χ4v) is 5.19. The smallest absolute Gasteiger partial charge is 0.247 e. The lowest BCUT2D eigenvalue weighted by molar-refractivity contribution is -0.913. The van der Waals surface area contributed by atoms with Crippen molar-refractivity contribution in [2.75, 3.05) is 0 Å². The molecule has 0 aliphatic carbocycles. The summed E-state index contributed by atoms with van der Waals surface area (Å²) in [6.45, 7) is 0.864. The van der Waals surface area contributed by atoms with Crippen LogP contribution in [0, 0.1) is 0 Å². The zero-order valence-electron chi connectivity index (χ0n) is 17.3. The number of imidazole rings is 2. The molecule has 4 heterocycles. The Bertz CT molecular complexity index is 1060. The summed E-state index contributed by atoms with van der Waals surface area (Å²) in [6.07, 6.45) is 14.0. The molecule has 0 unspecified atom stereocenters. The van der Waals surface area contributed by atoms with Gasteiger partial charge in [-0.15, -0.1) is 0 Å². The summed E-state index contributed by atoms with van der Waals surface area (Å²) in [5.74, 6) is 0. The van der Waals surface area contributed by atoms with Crippen molar-refractivity contribution in [3.05, 3.63) is 108 Å². The number of hydrogen-bond donors (Lipinski definition) is 0. The second-order valence-corrected chi connectivity index (χ2v) is 8.39. The maximum Gasteiger partial charge on any atom is 0.247 e. The van der Waals surface area contributed by atoms with Crippen molar-refractivity contribution < 1.29 is 43.1 Å². The predicted octanol–water partition coefficient (Wildman–Crippen LogP) is -2.55. The number of halogens is 2. The van der Waals surface area contributed by atoms with E-state index in [2.05, 4.69) is 104 Å². The van der Waals surface area contributed by atoms with Crippen LogP contribution in [-0.4, -0.2) is 9.13 Å². The van der Waals surface area contributed by atoms with E-state index in [1.54, 1.807) is 0 Å². The van der Waals surface area contributed by atoms with Crippen molar-refractivity contribution >= 4 is 0 Å². The molecule has 31 heavy (non-hydrogen) atoms. The third kappa shape index (κ3) is 4.03. The Morgan fingerprint density at radius 2 is 1.06 bits per heavy atom. The molecule has 0 fully saturated rings. The molecule has 0 N–H and O–H groups in total. The fraction of sp³-hybridized carbons (Fsp3) is 0.280. The lowest BCUT2D eigenvalue weighted by Crippen LogP contribution is -3.00. The molecule has 4 aromatic rings. The standard InChI is InChI=1S/C25H26N4.2BrH/c1-3-7-20(8-4-1)24-13-11-22-15-26(18-28(22)24)17-27-16-23-12-14-25(29(23)19-27)21-9-5-2-6-10-21;;/h1-10,15-16,18-19,24-25H,11-14,17H2;2*1H/q+2;;/p-2/t24-,25-;;/m1../s1. The van der Waals surface area contributed by atoms with Gasteiger partial charge < -0.3 is 34.0 Å². The van der Waals surface area contributed by atoms with Gasteiger partial charge in [0.1, 0.15) is 35.9 Å². The average molecular weight is 542 g/mol. The number of rotatable bonds is 4. The van der Waals surface area contributed by atoms with Crippen LogP contribution in [0.1, 0.15) is 47.4 Å². The van der Waals surface area contributed by atoms with E-state index in [1.807, 2.05) is 0 Å². The Hall–Kier alpha value is -2.18. The lowest BCUT2D eigenvalue weighted by atomic mass is 10.1. The van der Waals surface area contributed by atoms with Crippen LogP contribution in [0.2, 0.25) is 0 Å². The molecular weight excluding hydrogens is 516 g/mol. The van der Waals surface area contributed by atoms with Gasteiger partial charge in [-0.25, -0.2) is 9.13 Å². The van der Waals surface area contributed by atoms with E-state index in [1.165, 1.54) is 35.4 Å². The topological polar surface area (TPSA) is 17.6 Å². The molecule has 2 aliphatic rings. The minimum Gasteiger partial charge on any atom is -1.00 e. The summed E-state index contributed by atoms with van der Waals surface area (Å²) in [6, 6.07) is 22.7. The molecule has 0 amide bonds. The first kappa shape index (κ1) is 22.0.